The maximum absolute atomic E-state index is 9.71. The highest BCUT2D eigenvalue weighted by molar-refractivity contribution is 5.24. The number of nitrogens with one attached hydrogen (secondary N) is 1. The highest BCUT2D eigenvalue weighted by atomic mass is 16.5. The number of benzene rings is 2. The van der Waals surface area contributed by atoms with Gasteiger partial charge in [0.15, 0.2) is 0 Å². The van der Waals surface area contributed by atoms with E-state index in [4.69, 9.17) is 4.74 Å². The van der Waals surface area contributed by atoms with E-state index in [1.165, 1.54) is 5.56 Å². The number of ether oxygens (including phenoxy) is 1. The van der Waals surface area contributed by atoms with Gasteiger partial charge in [-0.1, -0.05) is 60.7 Å². The molecule has 3 rings (SSSR count). The van der Waals surface area contributed by atoms with Gasteiger partial charge in [0.05, 0.1) is 18.8 Å². The lowest BCUT2D eigenvalue weighted by Gasteiger charge is -2.46. The fourth-order valence-electron chi connectivity index (χ4n) is 3.08. The lowest BCUT2D eigenvalue weighted by Crippen LogP contribution is -2.62. The molecule has 0 aromatic heterocycles. The molecule has 23 heavy (non-hydrogen) atoms. The molecule has 0 spiro atoms. The minimum atomic E-state index is -0.579. The van der Waals surface area contributed by atoms with Crippen molar-refractivity contribution < 1.29 is 4.74 Å². The fourth-order valence-corrected chi connectivity index (χ4v) is 3.08. The van der Waals surface area contributed by atoms with E-state index in [0.717, 1.165) is 18.4 Å². The Morgan fingerprint density at radius 2 is 1.83 bits per heavy atom. The molecule has 2 aromatic carbocycles. The number of hydrogen-bond donors (Lipinski definition) is 1. The van der Waals surface area contributed by atoms with Crippen LogP contribution in [0.2, 0.25) is 0 Å². The first-order valence-electron chi connectivity index (χ1n) is 8.13. The van der Waals surface area contributed by atoms with Crippen LogP contribution in [0.1, 0.15) is 36.9 Å². The SMILES string of the molecule is C[C@H](N[C@@]1(C#N)CC[C@@H]1OCc1ccccc1)c1ccccc1. The predicted octanol–water partition coefficient (Wildman–Crippen LogP) is 3.98. The molecule has 0 heterocycles. The lowest BCUT2D eigenvalue weighted by atomic mass is 9.74. The smallest absolute Gasteiger partial charge is 0.133 e. The van der Waals surface area contributed by atoms with Gasteiger partial charge in [0.1, 0.15) is 5.54 Å². The third kappa shape index (κ3) is 3.44. The number of hydrogen-bond acceptors (Lipinski definition) is 3. The Morgan fingerprint density at radius 1 is 1.17 bits per heavy atom. The Balaban J connectivity index is 1.63. The molecule has 1 saturated carbocycles. The summed E-state index contributed by atoms with van der Waals surface area (Å²) in [7, 11) is 0. The summed E-state index contributed by atoms with van der Waals surface area (Å²) in [6.45, 7) is 2.65. The van der Waals surface area contributed by atoms with Crippen LogP contribution >= 0.6 is 0 Å². The predicted molar refractivity (Wildman–Crippen MR) is 90.6 cm³/mol. The van der Waals surface area contributed by atoms with E-state index < -0.39 is 5.54 Å². The molecular weight excluding hydrogens is 284 g/mol. The summed E-state index contributed by atoms with van der Waals surface area (Å²) in [5.74, 6) is 0. The summed E-state index contributed by atoms with van der Waals surface area (Å²) < 4.78 is 6.02. The van der Waals surface area contributed by atoms with E-state index >= 15 is 0 Å². The standard InChI is InChI=1S/C20H22N2O/c1-16(18-10-6-3-7-11-18)22-20(15-21)13-12-19(20)23-14-17-8-4-2-5-9-17/h2-11,16,19,22H,12-14H2,1H3/t16-,19-,20+/m0/s1. The third-order valence-electron chi connectivity index (χ3n) is 4.62. The zero-order valence-corrected chi connectivity index (χ0v) is 13.4. The van der Waals surface area contributed by atoms with Crippen molar-refractivity contribution in [3.05, 3.63) is 71.8 Å². The Hall–Kier alpha value is -2.15. The molecule has 0 unspecified atom stereocenters. The maximum atomic E-state index is 9.71. The number of rotatable bonds is 6. The second-order valence-corrected chi connectivity index (χ2v) is 6.18. The van der Waals surface area contributed by atoms with Crippen LogP contribution in [0.4, 0.5) is 0 Å². The largest absolute Gasteiger partial charge is 0.370 e. The van der Waals surface area contributed by atoms with Crippen LogP contribution < -0.4 is 5.32 Å². The van der Waals surface area contributed by atoms with E-state index in [2.05, 4.69) is 30.4 Å². The quantitative estimate of drug-likeness (QED) is 0.878. The molecule has 1 fully saturated rings. The Morgan fingerprint density at radius 3 is 2.39 bits per heavy atom. The van der Waals surface area contributed by atoms with Crippen molar-refractivity contribution in [3.8, 4) is 6.07 Å². The zero-order chi connectivity index (χ0) is 16.1. The Bertz CT molecular complexity index is 665. The van der Waals surface area contributed by atoms with Crippen LogP contribution in [0.3, 0.4) is 0 Å². The van der Waals surface area contributed by atoms with Crippen molar-refractivity contribution in [2.75, 3.05) is 0 Å². The average Bonchev–Trinajstić information content (AvgIpc) is 2.60. The van der Waals surface area contributed by atoms with Crippen LogP contribution in [-0.2, 0) is 11.3 Å². The number of nitrogens with zero attached hydrogens (tertiary/aromatic N) is 1. The van der Waals surface area contributed by atoms with Gasteiger partial charge in [-0.2, -0.15) is 5.26 Å². The summed E-state index contributed by atoms with van der Waals surface area (Å²) >= 11 is 0. The second-order valence-electron chi connectivity index (χ2n) is 6.18. The minimum absolute atomic E-state index is 0.0566. The molecule has 118 valence electrons. The molecule has 1 aliphatic rings. The molecule has 3 atom stereocenters. The first-order valence-corrected chi connectivity index (χ1v) is 8.13. The van der Waals surface area contributed by atoms with Crippen molar-refractivity contribution in [1.82, 2.24) is 5.32 Å². The van der Waals surface area contributed by atoms with Gasteiger partial charge in [-0.15, -0.1) is 0 Å². The Labute approximate surface area is 137 Å². The normalized spacial score (nSPS) is 24.4. The average molecular weight is 306 g/mol. The van der Waals surface area contributed by atoms with Crippen molar-refractivity contribution in [2.45, 2.75) is 44.1 Å². The zero-order valence-electron chi connectivity index (χ0n) is 13.4. The minimum Gasteiger partial charge on any atom is -0.370 e. The van der Waals surface area contributed by atoms with Crippen LogP contribution in [0.25, 0.3) is 0 Å². The molecule has 0 bridgehead atoms. The summed E-state index contributed by atoms with van der Waals surface area (Å²) in [5, 5.41) is 13.2. The van der Waals surface area contributed by atoms with Crippen molar-refractivity contribution in [2.24, 2.45) is 0 Å². The fraction of sp³-hybridized carbons (Fsp3) is 0.350. The molecule has 1 N–H and O–H groups in total. The second kappa shape index (κ2) is 6.95. The van der Waals surface area contributed by atoms with E-state index in [0.29, 0.717) is 6.61 Å². The molecule has 3 nitrogen and oxygen atoms in total. The van der Waals surface area contributed by atoms with Gasteiger partial charge in [-0.05, 0) is 30.9 Å². The van der Waals surface area contributed by atoms with Crippen molar-refractivity contribution >= 4 is 0 Å². The van der Waals surface area contributed by atoms with Gasteiger partial charge in [0.25, 0.3) is 0 Å². The lowest BCUT2D eigenvalue weighted by molar-refractivity contribution is -0.0674. The van der Waals surface area contributed by atoms with Gasteiger partial charge in [-0.3, -0.25) is 5.32 Å². The molecule has 0 saturated heterocycles. The van der Waals surface area contributed by atoms with Crippen LogP contribution in [-0.4, -0.2) is 11.6 Å². The molecule has 2 aromatic rings. The van der Waals surface area contributed by atoms with E-state index in [9.17, 15) is 5.26 Å². The van der Waals surface area contributed by atoms with Gasteiger partial charge in [0.2, 0.25) is 0 Å². The highest BCUT2D eigenvalue weighted by Gasteiger charge is 2.49. The highest BCUT2D eigenvalue weighted by Crippen LogP contribution is 2.37. The monoisotopic (exact) mass is 306 g/mol. The van der Waals surface area contributed by atoms with Crippen LogP contribution in [0.5, 0.6) is 0 Å². The molecule has 1 aliphatic carbocycles. The first-order chi connectivity index (χ1) is 11.2. The van der Waals surface area contributed by atoms with Crippen molar-refractivity contribution in [1.29, 1.82) is 5.26 Å². The molecule has 3 heteroatoms. The number of nitriles is 1. The van der Waals surface area contributed by atoms with Crippen molar-refractivity contribution in [3.63, 3.8) is 0 Å². The molecule has 0 radical (unpaired) electrons. The van der Waals surface area contributed by atoms with E-state index in [-0.39, 0.29) is 12.1 Å². The van der Waals surface area contributed by atoms with Gasteiger partial charge < -0.3 is 4.74 Å². The molecule has 0 aliphatic heterocycles. The molecular formula is C20H22N2O. The van der Waals surface area contributed by atoms with E-state index in [1.807, 2.05) is 48.5 Å². The first kappa shape index (κ1) is 15.7. The van der Waals surface area contributed by atoms with Gasteiger partial charge in [-0.25, -0.2) is 0 Å². The van der Waals surface area contributed by atoms with E-state index in [1.54, 1.807) is 0 Å². The summed E-state index contributed by atoms with van der Waals surface area (Å²) in [6.07, 6.45) is 1.70. The summed E-state index contributed by atoms with van der Waals surface area (Å²) in [6, 6.07) is 22.9. The van der Waals surface area contributed by atoms with Crippen LogP contribution in [0.15, 0.2) is 60.7 Å². The molecule has 0 amide bonds. The topological polar surface area (TPSA) is 45.0 Å². The van der Waals surface area contributed by atoms with Crippen LogP contribution in [0, 0.1) is 11.3 Å². The Kier molecular flexibility index (Phi) is 4.76. The third-order valence-corrected chi connectivity index (χ3v) is 4.62. The summed E-state index contributed by atoms with van der Waals surface area (Å²) in [4.78, 5) is 0. The summed E-state index contributed by atoms with van der Waals surface area (Å²) in [5.41, 5.74) is 1.75. The van der Waals surface area contributed by atoms with Gasteiger partial charge >= 0.3 is 0 Å². The van der Waals surface area contributed by atoms with Gasteiger partial charge in [0, 0.05) is 6.04 Å². The maximum Gasteiger partial charge on any atom is 0.133 e.